The van der Waals surface area contributed by atoms with Crippen LogP contribution in [-0.4, -0.2) is 41.8 Å². The van der Waals surface area contributed by atoms with Gasteiger partial charge in [0.15, 0.2) is 0 Å². The number of hydrogen-bond donors (Lipinski definition) is 2. The molecule has 0 aromatic heterocycles. The minimum atomic E-state index is -0.825. The summed E-state index contributed by atoms with van der Waals surface area (Å²) < 4.78 is 9.09. The molecule has 11 heavy (non-hydrogen) atoms. The Labute approximate surface area is 63.5 Å². The third-order valence-electron chi connectivity index (χ3n) is 1.46. The summed E-state index contributed by atoms with van der Waals surface area (Å²) in [6.45, 7) is -0.461. The molecule has 1 rings (SSSR count). The van der Waals surface area contributed by atoms with E-state index in [1.807, 2.05) is 0 Å². The van der Waals surface area contributed by atoms with Crippen molar-refractivity contribution in [2.24, 2.45) is 0 Å². The molecule has 5 nitrogen and oxygen atoms in total. The van der Waals surface area contributed by atoms with Crippen molar-refractivity contribution in [3.05, 3.63) is 0 Å². The van der Waals surface area contributed by atoms with Crippen molar-refractivity contribution in [1.29, 1.82) is 0 Å². The van der Waals surface area contributed by atoms with Crippen LogP contribution in [0.1, 0.15) is 6.42 Å². The van der Waals surface area contributed by atoms with Gasteiger partial charge in [-0.1, -0.05) is 0 Å². The van der Waals surface area contributed by atoms with Crippen LogP contribution in [0.3, 0.4) is 0 Å². The van der Waals surface area contributed by atoms with Gasteiger partial charge < -0.3 is 19.7 Å². The molecule has 0 aliphatic carbocycles. The minimum Gasteiger partial charge on any atom is -0.428 e. The highest BCUT2D eigenvalue weighted by atomic mass is 16.7. The first-order chi connectivity index (χ1) is 5.26. The van der Waals surface area contributed by atoms with Crippen molar-refractivity contribution in [2.75, 3.05) is 13.2 Å². The molecule has 0 bridgehead atoms. The van der Waals surface area contributed by atoms with Gasteiger partial charge in [0, 0.05) is 6.42 Å². The predicted octanol–water partition coefficient (Wildman–Crippen LogP) is -0.735. The summed E-state index contributed by atoms with van der Waals surface area (Å²) in [6, 6.07) is 0. The molecule has 2 N–H and O–H groups in total. The van der Waals surface area contributed by atoms with Crippen LogP contribution in [0.5, 0.6) is 0 Å². The van der Waals surface area contributed by atoms with Gasteiger partial charge >= 0.3 is 6.16 Å². The van der Waals surface area contributed by atoms with Crippen LogP contribution in [0.25, 0.3) is 0 Å². The number of cyclic esters (lactones) is 2. The number of ether oxygens (including phenoxy) is 2. The Morgan fingerprint density at radius 3 is 2.09 bits per heavy atom. The zero-order chi connectivity index (χ0) is 8.27. The van der Waals surface area contributed by atoms with Gasteiger partial charge in [-0.3, -0.25) is 0 Å². The number of rotatable bonds is 2. The Hall–Kier alpha value is -0.810. The van der Waals surface area contributed by atoms with Gasteiger partial charge in [0.2, 0.25) is 0 Å². The standard InChI is InChI=1S/C6H10O5/c7-2-4-1-5(3-8)11-6(9)10-4/h4-5,7-8H,1-3H2. The lowest BCUT2D eigenvalue weighted by Crippen LogP contribution is -2.38. The number of carbonyl (C=O) groups is 1. The fraction of sp³-hybridized carbons (Fsp3) is 0.833. The van der Waals surface area contributed by atoms with Crippen LogP contribution in [0, 0.1) is 0 Å². The smallest absolute Gasteiger partial charge is 0.428 e. The quantitative estimate of drug-likeness (QED) is 0.523. The Kier molecular flexibility index (Phi) is 2.67. The zero-order valence-electron chi connectivity index (χ0n) is 5.90. The molecule has 1 saturated heterocycles. The lowest BCUT2D eigenvalue weighted by atomic mass is 10.1. The maximum atomic E-state index is 10.5. The van der Waals surface area contributed by atoms with Gasteiger partial charge in [-0.05, 0) is 0 Å². The third kappa shape index (κ3) is 2.06. The topological polar surface area (TPSA) is 76.0 Å². The van der Waals surface area contributed by atoms with Crippen LogP contribution in [-0.2, 0) is 9.47 Å². The van der Waals surface area contributed by atoms with Gasteiger partial charge in [0.1, 0.15) is 12.2 Å². The summed E-state index contributed by atoms with van der Waals surface area (Å²) in [5.74, 6) is 0. The molecule has 64 valence electrons. The highest BCUT2D eigenvalue weighted by molar-refractivity contribution is 5.61. The van der Waals surface area contributed by atoms with Gasteiger partial charge in [-0.2, -0.15) is 0 Å². The summed E-state index contributed by atoms with van der Waals surface area (Å²) in [5, 5.41) is 17.2. The first kappa shape index (κ1) is 8.29. The van der Waals surface area contributed by atoms with E-state index in [9.17, 15) is 4.79 Å². The van der Waals surface area contributed by atoms with E-state index in [2.05, 4.69) is 9.47 Å². The van der Waals surface area contributed by atoms with Crippen molar-refractivity contribution in [3.63, 3.8) is 0 Å². The summed E-state index contributed by atoms with van der Waals surface area (Å²) in [4.78, 5) is 10.5. The van der Waals surface area contributed by atoms with Crippen LogP contribution >= 0.6 is 0 Å². The second kappa shape index (κ2) is 3.54. The number of carbonyl (C=O) groups excluding carboxylic acids is 1. The van der Waals surface area contributed by atoms with Crippen molar-refractivity contribution >= 4 is 6.16 Å². The summed E-state index contributed by atoms with van der Waals surface area (Å²) >= 11 is 0. The fourth-order valence-electron chi connectivity index (χ4n) is 0.913. The average Bonchev–Trinajstić information content (AvgIpc) is 2.03. The Morgan fingerprint density at radius 1 is 1.27 bits per heavy atom. The maximum Gasteiger partial charge on any atom is 0.508 e. The summed E-state index contributed by atoms with van der Waals surface area (Å²) in [5.41, 5.74) is 0. The van der Waals surface area contributed by atoms with Crippen molar-refractivity contribution in [1.82, 2.24) is 0 Å². The molecule has 0 radical (unpaired) electrons. The van der Waals surface area contributed by atoms with E-state index >= 15 is 0 Å². The molecule has 2 unspecified atom stereocenters. The molecule has 1 heterocycles. The first-order valence-electron chi connectivity index (χ1n) is 3.35. The molecule has 0 spiro atoms. The van der Waals surface area contributed by atoms with Crippen molar-refractivity contribution in [2.45, 2.75) is 18.6 Å². The molecular formula is C6H10O5. The second-order valence-electron chi connectivity index (χ2n) is 2.33. The predicted molar refractivity (Wildman–Crippen MR) is 33.9 cm³/mol. The van der Waals surface area contributed by atoms with E-state index < -0.39 is 18.4 Å². The minimum absolute atomic E-state index is 0.231. The van der Waals surface area contributed by atoms with E-state index in [4.69, 9.17) is 10.2 Å². The molecule has 0 aromatic rings. The summed E-state index contributed by atoms with van der Waals surface area (Å²) in [6.07, 6.45) is -1.55. The first-order valence-corrected chi connectivity index (χ1v) is 3.35. The van der Waals surface area contributed by atoms with Crippen LogP contribution in [0.15, 0.2) is 0 Å². The Balaban J connectivity index is 2.43. The highest BCUT2D eigenvalue weighted by Crippen LogP contribution is 2.13. The summed E-state index contributed by atoms with van der Waals surface area (Å²) in [7, 11) is 0. The molecule has 0 aromatic carbocycles. The molecule has 0 amide bonds. The van der Waals surface area contributed by atoms with E-state index in [1.165, 1.54) is 0 Å². The van der Waals surface area contributed by atoms with Crippen LogP contribution in [0.4, 0.5) is 4.79 Å². The largest absolute Gasteiger partial charge is 0.508 e. The van der Waals surface area contributed by atoms with Crippen molar-refractivity contribution < 1.29 is 24.5 Å². The average molecular weight is 162 g/mol. The lowest BCUT2D eigenvalue weighted by Gasteiger charge is -2.26. The van der Waals surface area contributed by atoms with Gasteiger partial charge in [0.25, 0.3) is 0 Å². The molecule has 2 atom stereocenters. The van der Waals surface area contributed by atoms with Crippen LogP contribution in [0.2, 0.25) is 0 Å². The van der Waals surface area contributed by atoms with Gasteiger partial charge in [-0.15, -0.1) is 0 Å². The van der Waals surface area contributed by atoms with Gasteiger partial charge in [0.05, 0.1) is 13.2 Å². The molecule has 0 saturated carbocycles. The van der Waals surface area contributed by atoms with E-state index in [-0.39, 0.29) is 13.2 Å². The maximum absolute atomic E-state index is 10.5. The van der Waals surface area contributed by atoms with E-state index in [0.717, 1.165) is 0 Å². The number of aliphatic hydroxyl groups is 2. The molecule has 1 fully saturated rings. The molecule has 1 aliphatic rings. The molecular weight excluding hydrogens is 152 g/mol. The highest BCUT2D eigenvalue weighted by Gasteiger charge is 2.28. The van der Waals surface area contributed by atoms with E-state index in [1.54, 1.807) is 0 Å². The van der Waals surface area contributed by atoms with Crippen molar-refractivity contribution in [3.8, 4) is 0 Å². The molecule has 5 heteroatoms. The third-order valence-corrected chi connectivity index (χ3v) is 1.46. The van der Waals surface area contributed by atoms with E-state index in [0.29, 0.717) is 6.42 Å². The Morgan fingerprint density at radius 2 is 1.73 bits per heavy atom. The Bertz CT molecular complexity index is 132. The lowest BCUT2D eigenvalue weighted by molar-refractivity contribution is -0.0867. The van der Waals surface area contributed by atoms with Crippen LogP contribution < -0.4 is 0 Å². The number of aliphatic hydroxyl groups excluding tert-OH is 2. The van der Waals surface area contributed by atoms with Gasteiger partial charge in [-0.25, -0.2) is 4.79 Å². The normalized spacial score (nSPS) is 30.9. The molecule has 1 aliphatic heterocycles. The second-order valence-corrected chi connectivity index (χ2v) is 2.33. The fourth-order valence-corrected chi connectivity index (χ4v) is 0.913. The number of hydrogen-bond acceptors (Lipinski definition) is 5. The monoisotopic (exact) mass is 162 g/mol. The SMILES string of the molecule is O=C1OC(CO)CC(CO)O1. The zero-order valence-corrected chi connectivity index (χ0v) is 5.90.